The van der Waals surface area contributed by atoms with Gasteiger partial charge in [0, 0.05) is 18.2 Å². The summed E-state index contributed by atoms with van der Waals surface area (Å²) in [5, 5.41) is 2.78. The molecule has 0 spiro atoms. The SMILES string of the molecule is COc1ccc(CNC(=O)c2ccc(N)cn2)c(OC)c1. The fraction of sp³-hybridized carbons (Fsp3) is 0.200. The Morgan fingerprint density at radius 1 is 1.24 bits per heavy atom. The van der Waals surface area contributed by atoms with Gasteiger partial charge >= 0.3 is 0 Å². The average molecular weight is 287 g/mol. The minimum atomic E-state index is -0.270. The fourth-order valence-corrected chi connectivity index (χ4v) is 1.80. The van der Waals surface area contributed by atoms with Gasteiger partial charge in [-0.2, -0.15) is 0 Å². The summed E-state index contributed by atoms with van der Waals surface area (Å²) in [6.45, 7) is 0.331. The highest BCUT2D eigenvalue weighted by molar-refractivity contribution is 5.92. The number of nitrogens with one attached hydrogen (secondary N) is 1. The molecule has 21 heavy (non-hydrogen) atoms. The average Bonchev–Trinajstić information content (AvgIpc) is 2.53. The van der Waals surface area contributed by atoms with Gasteiger partial charge in [0.2, 0.25) is 0 Å². The van der Waals surface area contributed by atoms with Crippen LogP contribution in [0.5, 0.6) is 11.5 Å². The quantitative estimate of drug-likeness (QED) is 0.872. The number of amides is 1. The Labute approximate surface area is 122 Å². The van der Waals surface area contributed by atoms with E-state index in [1.807, 2.05) is 12.1 Å². The molecule has 0 saturated heterocycles. The topological polar surface area (TPSA) is 86.5 Å². The number of aromatic nitrogens is 1. The summed E-state index contributed by atoms with van der Waals surface area (Å²) < 4.78 is 10.4. The third-order valence-corrected chi connectivity index (χ3v) is 2.95. The molecule has 1 heterocycles. The number of methoxy groups -OCH3 is 2. The molecule has 2 rings (SSSR count). The molecular weight excluding hydrogens is 270 g/mol. The number of hydrogen-bond donors (Lipinski definition) is 2. The van der Waals surface area contributed by atoms with Gasteiger partial charge in [-0.15, -0.1) is 0 Å². The number of anilines is 1. The summed E-state index contributed by atoms with van der Waals surface area (Å²) in [6, 6.07) is 8.63. The standard InChI is InChI=1S/C15H17N3O3/c1-20-12-5-3-10(14(7-12)21-2)8-18-15(19)13-6-4-11(16)9-17-13/h3-7,9H,8,16H2,1-2H3,(H,18,19). The molecule has 0 fully saturated rings. The first-order chi connectivity index (χ1) is 10.1. The van der Waals surface area contributed by atoms with Crippen molar-refractivity contribution in [2.45, 2.75) is 6.54 Å². The van der Waals surface area contributed by atoms with Crippen LogP contribution in [0.3, 0.4) is 0 Å². The molecule has 1 aromatic heterocycles. The van der Waals surface area contributed by atoms with Crippen molar-refractivity contribution in [2.24, 2.45) is 0 Å². The largest absolute Gasteiger partial charge is 0.497 e. The highest BCUT2D eigenvalue weighted by Gasteiger charge is 2.09. The second kappa shape index (κ2) is 6.60. The number of carbonyl (C=O) groups excluding carboxylic acids is 1. The van der Waals surface area contributed by atoms with E-state index in [4.69, 9.17) is 15.2 Å². The zero-order valence-corrected chi connectivity index (χ0v) is 11.9. The van der Waals surface area contributed by atoms with Gasteiger partial charge in [0.05, 0.1) is 26.1 Å². The van der Waals surface area contributed by atoms with Crippen LogP contribution >= 0.6 is 0 Å². The van der Waals surface area contributed by atoms with E-state index in [1.54, 1.807) is 32.4 Å². The van der Waals surface area contributed by atoms with Crippen molar-refractivity contribution in [1.82, 2.24) is 10.3 Å². The summed E-state index contributed by atoms with van der Waals surface area (Å²) in [6.07, 6.45) is 1.45. The van der Waals surface area contributed by atoms with Crippen LogP contribution in [0.1, 0.15) is 16.1 Å². The molecule has 6 nitrogen and oxygen atoms in total. The molecule has 0 radical (unpaired) electrons. The lowest BCUT2D eigenvalue weighted by atomic mass is 10.2. The molecule has 0 aliphatic carbocycles. The van der Waals surface area contributed by atoms with Crippen LogP contribution < -0.4 is 20.5 Å². The monoisotopic (exact) mass is 287 g/mol. The Hall–Kier alpha value is -2.76. The first-order valence-electron chi connectivity index (χ1n) is 6.34. The van der Waals surface area contributed by atoms with Crippen LogP contribution in [0.25, 0.3) is 0 Å². The number of hydrogen-bond acceptors (Lipinski definition) is 5. The molecule has 1 aromatic carbocycles. The number of pyridine rings is 1. The van der Waals surface area contributed by atoms with Crippen molar-refractivity contribution < 1.29 is 14.3 Å². The van der Waals surface area contributed by atoms with Crippen LogP contribution in [-0.2, 0) is 6.54 Å². The molecule has 0 atom stereocenters. The van der Waals surface area contributed by atoms with E-state index in [9.17, 15) is 4.79 Å². The third-order valence-electron chi connectivity index (χ3n) is 2.95. The fourth-order valence-electron chi connectivity index (χ4n) is 1.80. The maximum atomic E-state index is 12.0. The lowest BCUT2D eigenvalue weighted by Crippen LogP contribution is -2.24. The van der Waals surface area contributed by atoms with E-state index in [0.29, 0.717) is 29.4 Å². The molecule has 2 aromatic rings. The Morgan fingerprint density at radius 2 is 2.05 bits per heavy atom. The zero-order valence-electron chi connectivity index (χ0n) is 11.9. The highest BCUT2D eigenvalue weighted by Crippen LogP contribution is 2.24. The summed E-state index contributed by atoms with van der Waals surface area (Å²) in [5.41, 5.74) is 7.22. The van der Waals surface area contributed by atoms with Crippen molar-refractivity contribution in [3.05, 3.63) is 47.8 Å². The van der Waals surface area contributed by atoms with Gasteiger partial charge in [-0.3, -0.25) is 4.79 Å². The number of nitrogen functional groups attached to an aromatic ring is 1. The molecular formula is C15H17N3O3. The number of nitrogens with two attached hydrogens (primary N) is 1. The Balaban J connectivity index is 2.05. The molecule has 0 saturated carbocycles. The van der Waals surface area contributed by atoms with Gasteiger partial charge in [0.25, 0.3) is 5.91 Å². The summed E-state index contributed by atoms with van der Waals surface area (Å²) in [7, 11) is 3.16. The molecule has 1 amide bonds. The van der Waals surface area contributed by atoms with Gasteiger partial charge in [-0.1, -0.05) is 0 Å². The Kier molecular flexibility index (Phi) is 4.61. The normalized spacial score (nSPS) is 10.0. The number of nitrogens with zero attached hydrogens (tertiary/aromatic N) is 1. The van der Waals surface area contributed by atoms with Crippen LogP contribution in [0.15, 0.2) is 36.5 Å². The van der Waals surface area contributed by atoms with E-state index in [1.165, 1.54) is 6.20 Å². The van der Waals surface area contributed by atoms with E-state index in [-0.39, 0.29) is 5.91 Å². The summed E-state index contributed by atoms with van der Waals surface area (Å²) in [4.78, 5) is 15.9. The van der Waals surface area contributed by atoms with Crippen LogP contribution in [-0.4, -0.2) is 25.1 Å². The van der Waals surface area contributed by atoms with Crippen LogP contribution in [0.4, 0.5) is 5.69 Å². The number of benzene rings is 1. The number of ether oxygens (including phenoxy) is 2. The third kappa shape index (κ3) is 3.62. The smallest absolute Gasteiger partial charge is 0.270 e. The van der Waals surface area contributed by atoms with Crippen LogP contribution in [0, 0.1) is 0 Å². The summed E-state index contributed by atoms with van der Waals surface area (Å²) >= 11 is 0. The van der Waals surface area contributed by atoms with E-state index >= 15 is 0 Å². The Bertz CT molecular complexity index is 627. The first kappa shape index (κ1) is 14.6. The van der Waals surface area contributed by atoms with E-state index in [2.05, 4.69) is 10.3 Å². The molecule has 0 unspecified atom stereocenters. The minimum Gasteiger partial charge on any atom is -0.497 e. The lowest BCUT2D eigenvalue weighted by Gasteiger charge is -2.11. The highest BCUT2D eigenvalue weighted by atomic mass is 16.5. The molecule has 0 bridgehead atoms. The van der Waals surface area contributed by atoms with Gasteiger partial charge in [0.1, 0.15) is 17.2 Å². The van der Waals surface area contributed by atoms with Gasteiger partial charge in [-0.25, -0.2) is 4.98 Å². The predicted octanol–water partition coefficient (Wildman–Crippen LogP) is 1.61. The van der Waals surface area contributed by atoms with Crippen molar-refractivity contribution in [1.29, 1.82) is 0 Å². The second-order valence-electron chi connectivity index (χ2n) is 4.34. The van der Waals surface area contributed by atoms with E-state index in [0.717, 1.165) is 5.56 Å². The van der Waals surface area contributed by atoms with E-state index < -0.39 is 0 Å². The maximum Gasteiger partial charge on any atom is 0.270 e. The molecule has 110 valence electrons. The van der Waals surface area contributed by atoms with Gasteiger partial charge < -0.3 is 20.5 Å². The predicted molar refractivity (Wildman–Crippen MR) is 79.4 cm³/mol. The van der Waals surface area contributed by atoms with Crippen molar-refractivity contribution in [2.75, 3.05) is 20.0 Å². The summed E-state index contributed by atoms with van der Waals surface area (Å²) in [5.74, 6) is 1.08. The maximum absolute atomic E-state index is 12.0. The number of carbonyl (C=O) groups is 1. The van der Waals surface area contributed by atoms with Crippen molar-refractivity contribution in [3.63, 3.8) is 0 Å². The second-order valence-corrected chi connectivity index (χ2v) is 4.34. The Morgan fingerprint density at radius 3 is 2.67 bits per heavy atom. The number of rotatable bonds is 5. The van der Waals surface area contributed by atoms with Gasteiger partial charge in [-0.05, 0) is 24.3 Å². The van der Waals surface area contributed by atoms with Crippen molar-refractivity contribution in [3.8, 4) is 11.5 Å². The first-order valence-corrected chi connectivity index (χ1v) is 6.34. The minimum absolute atomic E-state index is 0.270. The molecule has 0 aliphatic heterocycles. The molecule has 3 N–H and O–H groups in total. The molecule has 0 aliphatic rings. The zero-order chi connectivity index (χ0) is 15.2. The molecule has 6 heteroatoms. The van der Waals surface area contributed by atoms with Crippen molar-refractivity contribution >= 4 is 11.6 Å². The lowest BCUT2D eigenvalue weighted by molar-refractivity contribution is 0.0946. The van der Waals surface area contributed by atoms with Crippen LogP contribution in [0.2, 0.25) is 0 Å². The van der Waals surface area contributed by atoms with Gasteiger partial charge in [0.15, 0.2) is 0 Å².